The van der Waals surface area contributed by atoms with Crippen LogP contribution in [-0.4, -0.2) is 10.3 Å². The lowest BCUT2D eigenvalue weighted by Crippen LogP contribution is -1.98. The molecule has 1 heterocycles. The standard InChI is InChI=1S/C14H11BrN2O2/c1-9-12(17-19-16-9)8-18-13-7-6-10-4-2-3-5-11(10)14(13)15/h2-7H,8H2,1H3. The van der Waals surface area contributed by atoms with Crippen molar-refractivity contribution >= 4 is 26.7 Å². The van der Waals surface area contributed by atoms with Crippen molar-refractivity contribution in [1.82, 2.24) is 10.3 Å². The van der Waals surface area contributed by atoms with Gasteiger partial charge in [-0.1, -0.05) is 40.6 Å². The fourth-order valence-corrected chi connectivity index (χ4v) is 2.46. The summed E-state index contributed by atoms with van der Waals surface area (Å²) in [5, 5.41) is 9.81. The molecule has 19 heavy (non-hydrogen) atoms. The van der Waals surface area contributed by atoms with E-state index < -0.39 is 0 Å². The van der Waals surface area contributed by atoms with Crippen LogP contribution >= 0.6 is 15.9 Å². The normalized spacial score (nSPS) is 10.8. The van der Waals surface area contributed by atoms with E-state index in [0.29, 0.717) is 12.3 Å². The van der Waals surface area contributed by atoms with Crippen molar-refractivity contribution in [1.29, 1.82) is 0 Å². The van der Waals surface area contributed by atoms with E-state index in [4.69, 9.17) is 4.74 Å². The number of halogens is 1. The van der Waals surface area contributed by atoms with E-state index in [-0.39, 0.29) is 0 Å². The van der Waals surface area contributed by atoms with Crippen molar-refractivity contribution in [2.75, 3.05) is 0 Å². The van der Waals surface area contributed by atoms with Gasteiger partial charge in [-0.2, -0.15) is 0 Å². The average Bonchev–Trinajstić information content (AvgIpc) is 2.84. The fraction of sp³-hybridized carbons (Fsp3) is 0.143. The molecule has 3 aromatic rings. The summed E-state index contributed by atoms with van der Waals surface area (Å²) in [6.07, 6.45) is 0. The molecule has 0 aliphatic carbocycles. The van der Waals surface area contributed by atoms with Gasteiger partial charge in [0.1, 0.15) is 23.7 Å². The second kappa shape index (κ2) is 5.01. The minimum Gasteiger partial charge on any atom is -0.486 e. The Morgan fingerprint density at radius 1 is 1.16 bits per heavy atom. The molecule has 0 fully saturated rings. The number of benzene rings is 2. The summed E-state index contributed by atoms with van der Waals surface area (Å²) in [4.78, 5) is 0. The molecule has 2 aromatic carbocycles. The third-order valence-electron chi connectivity index (χ3n) is 2.94. The molecule has 4 nitrogen and oxygen atoms in total. The van der Waals surface area contributed by atoms with E-state index in [9.17, 15) is 0 Å². The molecular formula is C14H11BrN2O2. The maximum atomic E-state index is 5.76. The number of rotatable bonds is 3. The highest BCUT2D eigenvalue weighted by Gasteiger charge is 2.09. The van der Waals surface area contributed by atoms with E-state index >= 15 is 0 Å². The molecule has 0 aliphatic rings. The lowest BCUT2D eigenvalue weighted by molar-refractivity contribution is 0.269. The lowest BCUT2D eigenvalue weighted by atomic mass is 10.1. The molecule has 5 heteroatoms. The predicted molar refractivity (Wildman–Crippen MR) is 75.0 cm³/mol. The molecule has 0 spiro atoms. The van der Waals surface area contributed by atoms with Crippen LogP contribution in [0.2, 0.25) is 0 Å². The van der Waals surface area contributed by atoms with Crippen LogP contribution in [0.3, 0.4) is 0 Å². The molecule has 1 aromatic heterocycles. The van der Waals surface area contributed by atoms with Gasteiger partial charge in [0, 0.05) is 0 Å². The Bertz CT molecular complexity index is 724. The van der Waals surface area contributed by atoms with E-state index in [2.05, 4.69) is 43.0 Å². The van der Waals surface area contributed by atoms with Gasteiger partial charge < -0.3 is 4.74 Å². The van der Waals surface area contributed by atoms with Crippen LogP contribution in [0, 0.1) is 6.92 Å². The first-order chi connectivity index (χ1) is 9.25. The van der Waals surface area contributed by atoms with Gasteiger partial charge in [-0.15, -0.1) is 0 Å². The first-order valence-electron chi connectivity index (χ1n) is 5.84. The molecule has 0 N–H and O–H groups in total. The van der Waals surface area contributed by atoms with Crippen LogP contribution in [0.1, 0.15) is 11.4 Å². The predicted octanol–water partition coefficient (Wildman–Crippen LogP) is 3.87. The van der Waals surface area contributed by atoms with Gasteiger partial charge in [0.25, 0.3) is 0 Å². The van der Waals surface area contributed by atoms with Crippen LogP contribution in [-0.2, 0) is 6.61 Å². The molecule has 96 valence electrons. The number of aryl methyl sites for hydroxylation is 1. The van der Waals surface area contributed by atoms with Crippen molar-refractivity contribution < 1.29 is 9.37 Å². The number of hydrogen-bond donors (Lipinski definition) is 0. The van der Waals surface area contributed by atoms with Gasteiger partial charge in [0.15, 0.2) is 0 Å². The Hall–Kier alpha value is -1.88. The Labute approximate surface area is 118 Å². The molecule has 0 aliphatic heterocycles. The Morgan fingerprint density at radius 2 is 2.00 bits per heavy atom. The Balaban J connectivity index is 1.89. The van der Waals surface area contributed by atoms with Crippen molar-refractivity contribution in [3.63, 3.8) is 0 Å². The van der Waals surface area contributed by atoms with Gasteiger partial charge in [-0.05, 0) is 39.7 Å². The monoisotopic (exact) mass is 318 g/mol. The smallest absolute Gasteiger partial charge is 0.145 e. The molecule has 0 bridgehead atoms. The van der Waals surface area contributed by atoms with E-state index in [1.807, 2.05) is 31.2 Å². The van der Waals surface area contributed by atoms with Crippen LogP contribution in [0.4, 0.5) is 0 Å². The largest absolute Gasteiger partial charge is 0.486 e. The molecule has 0 atom stereocenters. The fourth-order valence-electron chi connectivity index (χ4n) is 1.85. The van der Waals surface area contributed by atoms with Crippen LogP contribution in [0.5, 0.6) is 5.75 Å². The zero-order valence-electron chi connectivity index (χ0n) is 10.3. The molecule has 0 unspecified atom stereocenters. The first-order valence-corrected chi connectivity index (χ1v) is 6.63. The summed E-state index contributed by atoms with van der Waals surface area (Å²) in [7, 11) is 0. The summed E-state index contributed by atoms with van der Waals surface area (Å²) in [5.74, 6) is 0.779. The van der Waals surface area contributed by atoms with Crippen molar-refractivity contribution in [2.24, 2.45) is 0 Å². The van der Waals surface area contributed by atoms with Gasteiger partial charge in [0.2, 0.25) is 0 Å². The SMILES string of the molecule is Cc1nonc1COc1ccc2ccccc2c1Br. The maximum Gasteiger partial charge on any atom is 0.145 e. The second-order valence-electron chi connectivity index (χ2n) is 4.18. The Kier molecular flexibility index (Phi) is 3.21. The number of aromatic nitrogens is 2. The molecule has 3 rings (SSSR count). The summed E-state index contributed by atoms with van der Waals surface area (Å²) in [6, 6.07) is 12.1. The lowest BCUT2D eigenvalue weighted by Gasteiger charge is -2.09. The zero-order chi connectivity index (χ0) is 13.2. The number of fused-ring (bicyclic) bond motifs is 1. The molecule has 0 amide bonds. The maximum absolute atomic E-state index is 5.76. The summed E-state index contributed by atoms with van der Waals surface area (Å²) >= 11 is 3.58. The second-order valence-corrected chi connectivity index (χ2v) is 4.98. The molecule has 0 saturated heterocycles. The topological polar surface area (TPSA) is 48.2 Å². The summed E-state index contributed by atoms with van der Waals surface area (Å²) < 4.78 is 11.3. The first kappa shape index (κ1) is 12.2. The van der Waals surface area contributed by atoms with Crippen molar-refractivity contribution in [3.8, 4) is 5.75 Å². The zero-order valence-corrected chi connectivity index (χ0v) is 11.8. The van der Waals surface area contributed by atoms with Crippen molar-refractivity contribution in [3.05, 3.63) is 52.3 Å². The number of ether oxygens (including phenoxy) is 1. The van der Waals surface area contributed by atoms with Gasteiger partial charge in [-0.3, -0.25) is 0 Å². The van der Waals surface area contributed by atoms with Gasteiger partial charge >= 0.3 is 0 Å². The van der Waals surface area contributed by atoms with Crippen LogP contribution in [0.25, 0.3) is 10.8 Å². The summed E-state index contributed by atoms with van der Waals surface area (Å²) in [5.41, 5.74) is 1.46. The quantitative estimate of drug-likeness (QED) is 0.735. The summed E-state index contributed by atoms with van der Waals surface area (Å²) in [6.45, 7) is 2.18. The highest BCUT2D eigenvalue weighted by Crippen LogP contribution is 2.33. The number of hydrogen-bond acceptors (Lipinski definition) is 4. The number of nitrogens with zero attached hydrogens (tertiary/aromatic N) is 2. The average molecular weight is 319 g/mol. The van der Waals surface area contributed by atoms with E-state index in [1.165, 1.54) is 5.39 Å². The van der Waals surface area contributed by atoms with Gasteiger partial charge in [-0.25, -0.2) is 4.63 Å². The highest BCUT2D eigenvalue weighted by atomic mass is 79.9. The van der Waals surface area contributed by atoms with Crippen molar-refractivity contribution in [2.45, 2.75) is 13.5 Å². The minimum atomic E-state index is 0.340. The molecular weight excluding hydrogens is 308 g/mol. The third kappa shape index (κ3) is 2.33. The highest BCUT2D eigenvalue weighted by molar-refractivity contribution is 9.10. The van der Waals surface area contributed by atoms with Crippen LogP contribution in [0.15, 0.2) is 45.5 Å². The third-order valence-corrected chi connectivity index (χ3v) is 3.76. The molecule has 0 saturated carbocycles. The van der Waals surface area contributed by atoms with E-state index in [0.717, 1.165) is 21.3 Å². The Morgan fingerprint density at radius 3 is 2.79 bits per heavy atom. The molecule has 0 radical (unpaired) electrons. The van der Waals surface area contributed by atoms with E-state index in [1.54, 1.807) is 0 Å². The van der Waals surface area contributed by atoms with Gasteiger partial charge in [0.05, 0.1) is 4.47 Å². The van der Waals surface area contributed by atoms with Crippen LogP contribution < -0.4 is 4.74 Å². The minimum absolute atomic E-state index is 0.340.